The third-order valence-electron chi connectivity index (χ3n) is 6.77. The first-order valence-electron chi connectivity index (χ1n) is 13.0. The molecule has 0 spiro atoms. The van der Waals surface area contributed by atoms with E-state index in [1.807, 2.05) is 6.07 Å². The average Bonchev–Trinajstić information content (AvgIpc) is 2.96. The van der Waals surface area contributed by atoms with Crippen LogP contribution in [0.15, 0.2) is 70.6 Å². The van der Waals surface area contributed by atoms with E-state index in [4.69, 9.17) is 21.3 Å². The number of carbonyl (C=O) groups is 1. The van der Waals surface area contributed by atoms with Crippen molar-refractivity contribution in [3.05, 3.63) is 103 Å². The van der Waals surface area contributed by atoms with Gasteiger partial charge in [-0.2, -0.15) is 9.78 Å². The summed E-state index contributed by atoms with van der Waals surface area (Å²) < 4.78 is 20.0. The highest BCUT2D eigenvalue weighted by Gasteiger charge is 2.24. The maximum atomic E-state index is 13.4. The number of nitro groups is 1. The normalized spacial score (nSPS) is 13.9. The van der Waals surface area contributed by atoms with Crippen molar-refractivity contribution in [2.75, 3.05) is 11.9 Å². The lowest BCUT2D eigenvalue weighted by Crippen LogP contribution is -2.25. The van der Waals surface area contributed by atoms with Crippen LogP contribution < -0.4 is 15.6 Å². The zero-order chi connectivity index (χ0) is 28.9. The second kappa shape index (κ2) is 12.3. The summed E-state index contributed by atoms with van der Waals surface area (Å²) in [4.78, 5) is 41.6. The van der Waals surface area contributed by atoms with Crippen molar-refractivity contribution in [2.45, 2.75) is 38.0 Å². The summed E-state index contributed by atoms with van der Waals surface area (Å²) in [5, 5.41) is 19.0. The van der Waals surface area contributed by atoms with Crippen molar-refractivity contribution in [2.24, 2.45) is 5.10 Å². The lowest BCUT2D eigenvalue weighted by Gasteiger charge is -2.22. The van der Waals surface area contributed by atoms with E-state index < -0.39 is 28.9 Å². The minimum atomic E-state index is -0.694. The summed E-state index contributed by atoms with van der Waals surface area (Å²) in [5.74, 6) is -0.896. The number of aromatic nitrogens is 2. The molecule has 1 fully saturated rings. The van der Waals surface area contributed by atoms with Crippen molar-refractivity contribution in [1.82, 2.24) is 9.66 Å². The Labute approximate surface area is 238 Å². The van der Waals surface area contributed by atoms with Gasteiger partial charge in [0.1, 0.15) is 11.6 Å². The molecule has 3 aromatic carbocycles. The molecule has 10 nitrogen and oxygen atoms in total. The van der Waals surface area contributed by atoms with E-state index in [1.54, 1.807) is 18.2 Å². The Morgan fingerprint density at radius 3 is 2.71 bits per heavy atom. The Morgan fingerprint density at radius 2 is 1.95 bits per heavy atom. The number of hydrogen-bond donors (Lipinski definition) is 1. The summed E-state index contributed by atoms with van der Waals surface area (Å²) in [6.07, 6.45) is 6.26. The minimum Gasteiger partial charge on any atom is -0.476 e. The summed E-state index contributed by atoms with van der Waals surface area (Å²) in [7, 11) is 0. The van der Waals surface area contributed by atoms with Gasteiger partial charge in [-0.25, -0.2) is 9.37 Å². The quantitative estimate of drug-likeness (QED) is 0.154. The van der Waals surface area contributed by atoms with E-state index >= 15 is 0 Å². The van der Waals surface area contributed by atoms with Crippen LogP contribution in [-0.4, -0.2) is 33.3 Å². The van der Waals surface area contributed by atoms with Gasteiger partial charge in [0.2, 0.25) is 5.75 Å². The summed E-state index contributed by atoms with van der Waals surface area (Å²) in [6, 6.07) is 14.9. The molecule has 4 aromatic rings. The van der Waals surface area contributed by atoms with Crippen molar-refractivity contribution in [3.63, 3.8) is 0 Å². The second-order valence-electron chi connectivity index (χ2n) is 9.64. The molecule has 1 aliphatic carbocycles. The molecule has 5 rings (SSSR count). The Balaban J connectivity index is 1.43. The van der Waals surface area contributed by atoms with Crippen LogP contribution in [0.1, 0.15) is 49.4 Å². The first-order chi connectivity index (χ1) is 19.8. The van der Waals surface area contributed by atoms with Crippen molar-refractivity contribution < 1.29 is 18.8 Å². The van der Waals surface area contributed by atoms with Crippen molar-refractivity contribution in [1.29, 1.82) is 0 Å². The van der Waals surface area contributed by atoms with Gasteiger partial charge in [0.25, 0.3) is 11.5 Å². The molecule has 1 amide bonds. The Hall–Kier alpha value is -4.64. The number of rotatable bonds is 8. The molecule has 12 heteroatoms. The molecule has 210 valence electrons. The maximum absolute atomic E-state index is 13.4. The number of carbonyl (C=O) groups excluding carboxylic acids is 1. The van der Waals surface area contributed by atoms with Crippen molar-refractivity contribution >= 4 is 46.0 Å². The molecule has 0 radical (unpaired) electrons. The first kappa shape index (κ1) is 27.9. The van der Waals surface area contributed by atoms with Gasteiger partial charge < -0.3 is 10.1 Å². The highest BCUT2D eigenvalue weighted by molar-refractivity contribution is 6.32. The summed E-state index contributed by atoms with van der Waals surface area (Å²) in [6.45, 7) is -0.604. The number of anilines is 1. The maximum Gasteiger partial charge on any atom is 0.313 e. The molecule has 1 saturated carbocycles. The number of ether oxygens (including phenoxy) is 1. The van der Waals surface area contributed by atoms with Gasteiger partial charge in [0.05, 0.1) is 27.1 Å². The number of hydrogen-bond acceptors (Lipinski definition) is 7. The third kappa shape index (κ3) is 6.41. The average molecular weight is 578 g/mol. The predicted octanol–water partition coefficient (Wildman–Crippen LogP) is 6.04. The van der Waals surface area contributed by atoms with E-state index in [0.717, 1.165) is 38.2 Å². The van der Waals surface area contributed by atoms with Crippen LogP contribution in [0.5, 0.6) is 5.75 Å². The van der Waals surface area contributed by atoms with E-state index in [0.29, 0.717) is 16.7 Å². The lowest BCUT2D eigenvalue weighted by atomic mass is 9.88. The molecular weight excluding hydrogens is 553 g/mol. The molecule has 0 saturated heterocycles. The van der Waals surface area contributed by atoms with Gasteiger partial charge in [0, 0.05) is 23.2 Å². The first-order valence-corrected chi connectivity index (χ1v) is 13.4. The molecule has 1 aromatic heterocycles. The smallest absolute Gasteiger partial charge is 0.313 e. The molecule has 1 heterocycles. The molecule has 0 unspecified atom stereocenters. The van der Waals surface area contributed by atoms with Crippen LogP contribution in [0.2, 0.25) is 5.02 Å². The Kier molecular flexibility index (Phi) is 8.34. The fraction of sp³-hybridized carbons (Fsp3) is 0.241. The number of fused-ring (bicyclic) bond motifs is 1. The number of nitrogens with one attached hydrogen (secondary N) is 1. The van der Waals surface area contributed by atoms with Crippen LogP contribution in [0.4, 0.5) is 15.8 Å². The number of para-hydroxylation sites is 1. The fourth-order valence-corrected chi connectivity index (χ4v) is 5.13. The molecule has 0 atom stereocenters. The summed E-state index contributed by atoms with van der Waals surface area (Å²) in [5.41, 5.74) is 0.210. The Morgan fingerprint density at radius 1 is 1.17 bits per heavy atom. The molecule has 1 N–H and O–H groups in total. The zero-order valence-corrected chi connectivity index (χ0v) is 22.5. The minimum absolute atomic E-state index is 0.0606. The molecule has 0 bridgehead atoms. The van der Waals surface area contributed by atoms with Gasteiger partial charge in [-0.15, -0.1) is 0 Å². The SMILES string of the molecule is O=C(COc1c(Cl)cc(C=Nn2c(C3CCCCC3)nc3ccccc3c2=O)cc1[N+](=O)[O-])Nc1cccc(F)c1. The number of halogens is 2. The largest absolute Gasteiger partial charge is 0.476 e. The number of nitro benzene ring substituents is 1. The predicted molar refractivity (Wildman–Crippen MR) is 153 cm³/mol. The van der Waals surface area contributed by atoms with E-state index in [1.165, 1.54) is 41.2 Å². The van der Waals surface area contributed by atoms with Gasteiger partial charge >= 0.3 is 5.69 Å². The summed E-state index contributed by atoms with van der Waals surface area (Å²) >= 11 is 6.33. The van der Waals surface area contributed by atoms with Crippen LogP contribution in [0, 0.1) is 15.9 Å². The number of nitrogens with zero attached hydrogens (tertiary/aromatic N) is 4. The molecular formula is C29H25ClFN5O5. The van der Waals surface area contributed by atoms with Crippen LogP contribution in [0.3, 0.4) is 0 Å². The van der Waals surface area contributed by atoms with Gasteiger partial charge in [-0.1, -0.05) is 49.1 Å². The van der Waals surface area contributed by atoms with Crippen LogP contribution in [0.25, 0.3) is 10.9 Å². The van der Waals surface area contributed by atoms with Gasteiger partial charge in [0.15, 0.2) is 6.61 Å². The fourth-order valence-electron chi connectivity index (χ4n) is 4.86. The number of benzene rings is 3. The Bertz CT molecular complexity index is 1720. The lowest BCUT2D eigenvalue weighted by molar-refractivity contribution is -0.385. The molecule has 1 aliphatic rings. The van der Waals surface area contributed by atoms with Crippen molar-refractivity contribution in [3.8, 4) is 5.75 Å². The van der Waals surface area contributed by atoms with E-state index in [-0.39, 0.29) is 33.5 Å². The topological polar surface area (TPSA) is 129 Å². The van der Waals surface area contributed by atoms with E-state index in [2.05, 4.69) is 10.4 Å². The molecule has 41 heavy (non-hydrogen) atoms. The third-order valence-corrected chi connectivity index (χ3v) is 7.05. The monoisotopic (exact) mass is 577 g/mol. The highest BCUT2D eigenvalue weighted by atomic mass is 35.5. The highest BCUT2D eigenvalue weighted by Crippen LogP contribution is 2.36. The molecule has 0 aliphatic heterocycles. The number of amides is 1. The standard InChI is InChI=1S/C29H25ClFN5O5/c30-23-13-18(14-25(36(39)40)27(23)41-17-26(37)33-21-10-6-9-20(31)15-21)16-32-35-28(19-7-2-1-3-8-19)34-24-12-5-4-11-22(24)29(35)38/h4-6,9-16,19H,1-3,7-8,17H2,(H,33,37). The zero-order valence-electron chi connectivity index (χ0n) is 21.8. The van der Waals surface area contributed by atoms with E-state index in [9.17, 15) is 24.1 Å². The second-order valence-corrected chi connectivity index (χ2v) is 10.0. The van der Waals surface area contributed by atoms with Crippen LogP contribution in [-0.2, 0) is 4.79 Å². The van der Waals surface area contributed by atoms with Crippen LogP contribution >= 0.6 is 11.6 Å². The van der Waals surface area contributed by atoms with Gasteiger partial charge in [-0.05, 0) is 49.2 Å². The van der Waals surface area contributed by atoms with Gasteiger partial charge in [-0.3, -0.25) is 19.7 Å².